The molecule has 3 rings (SSSR count). The number of carbonyl (C=O) groups excluding carboxylic acids is 2. The van der Waals surface area contributed by atoms with Crippen LogP contribution in [0.5, 0.6) is 0 Å². The number of hydrogen-bond acceptors (Lipinski definition) is 3. The van der Waals surface area contributed by atoms with E-state index in [2.05, 4.69) is 5.32 Å². The third-order valence-electron chi connectivity index (χ3n) is 3.48. The highest BCUT2D eigenvalue weighted by Gasteiger charge is 2.19. The van der Waals surface area contributed by atoms with E-state index in [1.54, 1.807) is 30.3 Å². The molecule has 4 nitrogen and oxygen atoms in total. The number of halogens is 1. The van der Waals surface area contributed by atoms with Gasteiger partial charge in [-0.3, -0.25) is 9.59 Å². The molecule has 0 saturated carbocycles. The Labute approximate surface area is 126 Å². The number of benzene rings is 2. The van der Waals surface area contributed by atoms with E-state index in [9.17, 15) is 9.59 Å². The van der Waals surface area contributed by atoms with Crippen molar-refractivity contribution < 1.29 is 9.59 Å². The van der Waals surface area contributed by atoms with Gasteiger partial charge >= 0.3 is 0 Å². The van der Waals surface area contributed by atoms with Gasteiger partial charge in [-0.15, -0.1) is 0 Å². The quantitative estimate of drug-likeness (QED) is 0.661. The van der Waals surface area contributed by atoms with Crippen LogP contribution in [0.15, 0.2) is 36.4 Å². The lowest BCUT2D eigenvalue weighted by atomic mass is 9.94. The summed E-state index contributed by atoms with van der Waals surface area (Å²) in [5.74, 6) is -0.345. The number of amides is 1. The zero-order valence-electron chi connectivity index (χ0n) is 11.2. The molecule has 0 atom stereocenters. The molecule has 1 amide bonds. The molecule has 21 heavy (non-hydrogen) atoms. The maximum Gasteiger partial charge on any atom is 0.251 e. The lowest BCUT2D eigenvalue weighted by Gasteiger charge is -2.17. The van der Waals surface area contributed by atoms with Crippen LogP contribution in [0.25, 0.3) is 0 Å². The molecule has 0 saturated heterocycles. The number of nitrogen functional groups attached to an aromatic ring is 1. The molecule has 0 spiro atoms. The van der Waals surface area contributed by atoms with Crippen molar-refractivity contribution >= 4 is 29.0 Å². The largest absolute Gasteiger partial charge is 0.399 e. The minimum atomic E-state index is -0.203. The lowest BCUT2D eigenvalue weighted by molar-refractivity contribution is 0.0946. The molecule has 0 fully saturated rings. The van der Waals surface area contributed by atoms with Gasteiger partial charge in [-0.1, -0.05) is 23.7 Å². The fourth-order valence-electron chi connectivity index (χ4n) is 2.46. The molecular formula is C16H13ClN2O2. The number of hydrogen-bond donors (Lipinski definition) is 2. The standard InChI is InChI=1S/C16H13ClN2O2/c17-12-5-11(6-13(18)8-12)15(20)10-2-1-9-3-4-19-16(21)14(9)7-10/h1-2,5-8H,3-4,18H2,(H,19,21). The number of anilines is 1. The van der Waals surface area contributed by atoms with Crippen molar-refractivity contribution in [1.29, 1.82) is 0 Å². The molecule has 2 aromatic carbocycles. The van der Waals surface area contributed by atoms with Crippen molar-refractivity contribution in [2.24, 2.45) is 0 Å². The smallest absolute Gasteiger partial charge is 0.251 e. The number of rotatable bonds is 2. The maximum absolute atomic E-state index is 12.5. The predicted molar refractivity (Wildman–Crippen MR) is 81.8 cm³/mol. The van der Waals surface area contributed by atoms with E-state index in [1.165, 1.54) is 0 Å². The van der Waals surface area contributed by atoms with Crippen LogP contribution in [0.1, 0.15) is 31.8 Å². The zero-order chi connectivity index (χ0) is 15.0. The van der Waals surface area contributed by atoms with Gasteiger partial charge in [0.25, 0.3) is 5.91 Å². The van der Waals surface area contributed by atoms with Gasteiger partial charge in [-0.05, 0) is 36.2 Å². The van der Waals surface area contributed by atoms with E-state index in [4.69, 9.17) is 17.3 Å². The second-order valence-electron chi connectivity index (χ2n) is 4.98. The minimum absolute atomic E-state index is 0.142. The Morgan fingerprint density at radius 2 is 1.95 bits per heavy atom. The summed E-state index contributed by atoms with van der Waals surface area (Å²) in [5, 5.41) is 3.18. The summed E-state index contributed by atoms with van der Waals surface area (Å²) in [6.45, 7) is 0.629. The number of ketones is 1. The van der Waals surface area contributed by atoms with Gasteiger partial charge in [0, 0.05) is 33.9 Å². The van der Waals surface area contributed by atoms with E-state index in [-0.39, 0.29) is 11.7 Å². The van der Waals surface area contributed by atoms with Gasteiger partial charge in [-0.25, -0.2) is 0 Å². The molecule has 1 aliphatic heterocycles. The third-order valence-corrected chi connectivity index (χ3v) is 3.70. The van der Waals surface area contributed by atoms with Crippen molar-refractivity contribution in [3.05, 3.63) is 63.7 Å². The SMILES string of the molecule is Nc1cc(Cl)cc(C(=O)c2ccc3c(c2)C(=O)NCC3)c1. The first kappa shape index (κ1) is 13.6. The monoisotopic (exact) mass is 300 g/mol. The Hall–Kier alpha value is -2.33. The number of fused-ring (bicyclic) bond motifs is 1. The summed E-state index contributed by atoms with van der Waals surface area (Å²) < 4.78 is 0. The Balaban J connectivity index is 2.02. The predicted octanol–water partition coefficient (Wildman–Crippen LogP) is 2.44. The Morgan fingerprint density at radius 1 is 1.14 bits per heavy atom. The number of nitrogens with two attached hydrogens (primary N) is 1. The Bertz CT molecular complexity index is 736. The molecule has 1 aliphatic rings. The van der Waals surface area contributed by atoms with Crippen LogP contribution in [-0.4, -0.2) is 18.2 Å². The average molecular weight is 301 g/mol. The molecule has 0 aliphatic carbocycles. The van der Waals surface area contributed by atoms with Gasteiger partial charge in [0.1, 0.15) is 0 Å². The summed E-state index contributed by atoms with van der Waals surface area (Å²) in [7, 11) is 0. The van der Waals surface area contributed by atoms with Crippen LogP contribution < -0.4 is 11.1 Å². The summed E-state index contributed by atoms with van der Waals surface area (Å²) in [5.41, 5.74) is 8.52. The van der Waals surface area contributed by atoms with Gasteiger partial charge in [0.2, 0.25) is 0 Å². The van der Waals surface area contributed by atoms with Crippen LogP contribution >= 0.6 is 11.6 Å². The van der Waals surface area contributed by atoms with Gasteiger partial charge in [-0.2, -0.15) is 0 Å². The summed E-state index contributed by atoms with van der Waals surface area (Å²) in [6, 6.07) is 9.92. The summed E-state index contributed by atoms with van der Waals surface area (Å²) in [6.07, 6.45) is 0.777. The normalized spacial score (nSPS) is 13.5. The number of carbonyl (C=O) groups is 2. The number of nitrogens with one attached hydrogen (secondary N) is 1. The second-order valence-corrected chi connectivity index (χ2v) is 5.42. The van der Waals surface area contributed by atoms with Crippen molar-refractivity contribution in [3.8, 4) is 0 Å². The van der Waals surface area contributed by atoms with Crippen molar-refractivity contribution in [2.75, 3.05) is 12.3 Å². The first-order valence-corrected chi connectivity index (χ1v) is 6.94. The molecule has 5 heteroatoms. The fraction of sp³-hybridized carbons (Fsp3) is 0.125. The fourth-order valence-corrected chi connectivity index (χ4v) is 2.71. The van der Waals surface area contributed by atoms with Crippen LogP contribution in [0.4, 0.5) is 5.69 Å². The maximum atomic E-state index is 12.5. The van der Waals surface area contributed by atoms with E-state index < -0.39 is 0 Å². The van der Waals surface area contributed by atoms with Gasteiger partial charge in [0.15, 0.2) is 5.78 Å². The van der Waals surface area contributed by atoms with Gasteiger partial charge in [0.05, 0.1) is 0 Å². The van der Waals surface area contributed by atoms with Crippen LogP contribution in [-0.2, 0) is 6.42 Å². The highest BCUT2D eigenvalue weighted by molar-refractivity contribution is 6.31. The topological polar surface area (TPSA) is 72.2 Å². The molecule has 1 heterocycles. The molecule has 3 N–H and O–H groups in total. The summed E-state index contributed by atoms with van der Waals surface area (Å²) in [4.78, 5) is 24.3. The first-order chi connectivity index (χ1) is 10.0. The van der Waals surface area contributed by atoms with Crippen molar-refractivity contribution in [3.63, 3.8) is 0 Å². The van der Waals surface area contributed by atoms with E-state index in [0.29, 0.717) is 33.9 Å². The minimum Gasteiger partial charge on any atom is -0.399 e. The molecule has 0 radical (unpaired) electrons. The van der Waals surface area contributed by atoms with E-state index in [0.717, 1.165) is 12.0 Å². The molecule has 0 bridgehead atoms. The first-order valence-electron chi connectivity index (χ1n) is 6.56. The van der Waals surface area contributed by atoms with E-state index >= 15 is 0 Å². The second kappa shape index (κ2) is 5.22. The van der Waals surface area contributed by atoms with Gasteiger partial charge < -0.3 is 11.1 Å². The Kier molecular flexibility index (Phi) is 3.39. The third kappa shape index (κ3) is 2.62. The molecular weight excluding hydrogens is 288 g/mol. The van der Waals surface area contributed by atoms with Crippen LogP contribution in [0, 0.1) is 0 Å². The van der Waals surface area contributed by atoms with Crippen LogP contribution in [0.3, 0.4) is 0 Å². The Morgan fingerprint density at radius 3 is 2.71 bits per heavy atom. The summed E-state index contributed by atoms with van der Waals surface area (Å²) >= 11 is 5.92. The molecule has 0 aromatic heterocycles. The lowest BCUT2D eigenvalue weighted by Crippen LogP contribution is -2.32. The zero-order valence-corrected chi connectivity index (χ0v) is 11.9. The highest BCUT2D eigenvalue weighted by Crippen LogP contribution is 2.22. The highest BCUT2D eigenvalue weighted by atomic mass is 35.5. The van der Waals surface area contributed by atoms with E-state index in [1.807, 2.05) is 6.07 Å². The van der Waals surface area contributed by atoms with Crippen LogP contribution in [0.2, 0.25) is 5.02 Å². The molecule has 106 valence electrons. The average Bonchev–Trinajstić information content (AvgIpc) is 2.45. The molecule has 0 unspecified atom stereocenters. The van der Waals surface area contributed by atoms with Crippen molar-refractivity contribution in [1.82, 2.24) is 5.32 Å². The van der Waals surface area contributed by atoms with Crippen molar-refractivity contribution in [2.45, 2.75) is 6.42 Å². The molecule has 2 aromatic rings.